The van der Waals surface area contributed by atoms with Gasteiger partial charge in [-0.3, -0.25) is 9.69 Å². The Balaban J connectivity index is 1.36. The van der Waals surface area contributed by atoms with Gasteiger partial charge >= 0.3 is 0 Å². The van der Waals surface area contributed by atoms with E-state index >= 15 is 0 Å². The molecule has 0 aromatic heterocycles. The van der Waals surface area contributed by atoms with Crippen molar-refractivity contribution in [3.63, 3.8) is 0 Å². The summed E-state index contributed by atoms with van der Waals surface area (Å²) in [5.74, 6) is 0.0835. The van der Waals surface area contributed by atoms with E-state index in [2.05, 4.69) is 11.0 Å². The average Bonchev–Trinajstić information content (AvgIpc) is 3.22. The first kappa shape index (κ1) is 20.8. The van der Waals surface area contributed by atoms with E-state index in [1.165, 1.54) is 15.3 Å². The molecule has 30 heavy (non-hydrogen) atoms. The molecule has 0 saturated carbocycles. The molecule has 4 rings (SSSR count). The van der Waals surface area contributed by atoms with E-state index < -0.39 is 10.0 Å². The first-order chi connectivity index (χ1) is 14.5. The van der Waals surface area contributed by atoms with E-state index in [4.69, 9.17) is 0 Å². The van der Waals surface area contributed by atoms with Gasteiger partial charge in [0.15, 0.2) is 0 Å². The van der Waals surface area contributed by atoms with Crippen molar-refractivity contribution in [2.45, 2.75) is 19.4 Å². The minimum atomic E-state index is -3.48. The number of para-hydroxylation sites is 1. The Morgan fingerprint density at radius 2 is 1.60 bits per heavy atom. The van der Waals surface area contributed by atoms with Gasteiger partial charge in [0.25, 0.3) is 0 Å². The molecular formula is C23H27N3O3S. The Labute approximate surface area is 178 Å². The lowest BCUT2D eigenvalue weighted by atomic mass is 10.1. The van der Waals surface area contributed by atoms with Crippen LogP contribution in [0.2, 0.25) is 0 Å². The quantitative estimate of drug-likeness (QED) is 0.739. The number of nitrogens with zero attached hydrogens (tertiary/aromatic N) is 3. The second kappa shape index (κ2) is 8.71. The lowest BCUT2D eigenvalue weighted by Crippen LogP contribution is -2.55. The third-order valence-corrected chi connectivity index (χ3v) is 7.49. The molecule has 1 fully saturated rings. The SMILES string of the molecule is CC(C(=O)N1CCc2ccccc21)N1CCN(S(=O)(=O)C=Cc2ccccc2)CC1. The summed E-state index contributed by atoms with van der Waals surface area (Å²) in [6.07, 6.45) is 2.51. The zero-order chi connectivity index (χ0) is 21.1. The number of hydrogen-bond donors (Lipinski definition) is 0. The Hall–Kier alpha value is -2.48. The summed E-state index contributed by atoms with van der Waals surface area (Å²) < 4.78 is 26.8. The highest BCUT2D eigenvalue weighted by Gasteiger charge is 2.34. The molecule has 158 valence electrons. The lowest BCUT2D eigenvalue weighted by molar-refractivity contribution is -0.123. The standard InChI is InChI=1S/C23H27N3O3S/c1-19(23(27)26-13-11-21-9-5-6-10-22(21)26)24-14-16-25(17-15-24)30(28,29)18-12-20-7-3-2-4-8-20/h2-10,12,18-19H,11,13-17H2,1H3. The number of piperazine rings is 1. The number of amides is 1. The zero-order valence-corrected chi connectivity index (χ0v) is 18.0. The van der Waals surface area contributed by atoms with Gasteiger partial charge in [-0.15, -0.1) is 0 Å². The fourth-order valence-electron chi connectivity index (χ4n) is 4.11. The topological polar surface area (TPSA) is 60.9 Å². The van der Waals surface area contributed by atoms with E-state index in [0.717, 1.165) is 17.7 Å². The van der Waals surface area contributed by atoms with Gasteiger partial charge in [-0.2, -0.15) is 4.31 Å². The maximum atomic E-state index is 13.1. The fourth-order valence-corrected chi connectivity index (χ4v) is 5.28. The molecule has 0 bridgehead atoms. The summed E-state index contributed by atoms with van der Waals surface area (Å²) >= 11 is 0. The number of hydrogen-bond acceptors (Lipinski definition) is 4. The number of carbonyl (C=O) groups is 1. The van der Waals surface area contributed by atoms with Gasteiger partial charge in [0.05, 0.1) is 6.04 Å². The van der Waals surface area contributed by atoms with Crippen LogP contribution in [0.15, 0.2) is 60.0 Å². The zero-order valence-electron chi connectivity index (χ0n) is 17.1. The van der Waals surface area contributed by atoms with Gasteiger partial charge in [-0.05, 0) is 36.6 Å². The van der Waals surface area contributed by atoms with Crippen LogP contribution in [0, 0.1) is 0 Å². The summed E-state index contributed by atoms with van der Waals surface area (Å²) in [5.41, 5.74) is 3.06. The van der Waals surface area contributed by atoms with E-state index in [1.807, 2.05) is 60.4 Å². The summed E-state index contributed by atoms with van der Waals surface area (Å²) in [7, 11) is -3.48. The first-order valence-electron chi connectivity index (χ1n) is 10.3. The summed E-state index contributed by atoms with van der Waals surface area (Å²) in [6, 6.07) is 17.1. The number of rotatable bonds is 5. The molecule has 0 N–H and O–H groups in total. The highest BCUT2D eigenvalue weighted by Crippen LogP contribution is 2.28. The van der Waals surface area contributed by atoms with Gasteiger partial charge in [0.1, 0.15) is 0 Å². The Morgan fingerprint density at radius 3 is 2.33 bits per heavy atom. The van der Waals surface area contributed by atoms with Crippen LogP contribution in [-0.2, 0) is 21.2 Å². The highest BCUT2D eigenvalue weighted by molar-refractivity contribution is 7.92. The minimum Gasteiger partial charge on any atom is -0.310 e. The number of carbonyl (C=O) groups excluding carboxylic acids is 1. The summed E-state index contributed by atoms with van der Waals surface area (Å²) in [4.78, 5) is 17.0. The number of anilines is 1. The molecule has 7 heteroatoms. The van der Waals surface area contributed by atoms with Crippen molar-refractivity contribution in [2.75, 3.05) is 37.6 Å². The Morgan fingerprint density at radius 1 is 0.933 bits per heavy atom. The molecule has 6 nitrogen and oxygen atoms in total. The maximum absolute atomic E-state index is 13.1. The smallest absolute Gasteiger partial charge is 0.244 e. The van der Waals surface area contributed by atoms with Crippen LogP contribution in [0.5, 0.6) is 0 Å². The number of benzene rings is 2. The monoisotopic (exact) mass is 425 g/mol. The summed E-state index contributed by atoms with van der Waals surface area (Å²) in [6.45, 7) is 4.48. The van der Waals surface area contributed by atoms with Crippen LogP contribution in [0.1, 0.15) is 18.1 Å². The minimum absolute atomic E-state index is 0.0835. The molecule has 1 amide bonds. The van der Waals surface area contributed by atoms with Crippen LogP contribution in [-0.4, -0.2) is 62.3 Å². The molecule has 0 spiro atoms. The Bertz CT molecular complexity index is 1030. The predicted molar refractivity (Wildman–Crippen MR) is 120 cm³/mol. The van der Waals surface area contributed by atoms with E-state index in [-0.39, 0.29) is 11.9 Å². The number of fused-ring (bicyclic) bond motifs is 1. The second-order valence-electron chi connectivity index (χ2n) is 7.74. The van der Waals surface area contributed by atoms with E-state index in [1.54, 1.807) is 6.08 Å². The lowest BCUT2D eigenvalue weighted by Gasteiger charge is -2.37. The molecule has 1 atom stereocenters. The summed E-state index contributed by atoms with van der Waals surface area (Å²) in [5, 5.41) is 1.27. The second-order valence-corrected chi connectivity index (χ2v) is 9.56. The first-order valence-corrected chi connectivity index (χ1v) is 11.8. The van der Waals surface area contributed by atoms with Crippen molar-refractivity contribution >= 4 is 27.7 Å². The van der Waals surface area contributed by atoms with E-state index in [0.29, 0.717) is 32.7 Å². The van der Waals surface area contributed by atoms with Crippen LogP contribution in [0.3, 0.4) is 0 Å². The molecule has 2 aromatic carbocycles. The fraction of sp³-hybridized carbons (Fsp3) is 0.348. The van der Waals surface area contributed by atoms with Crippen molar-refractivity contribution < 1.29 is 13.2 Å². The van der Waals surface area contributed by atoms with E-state index in [9.17, 15) is 13.2 Å². The molecule has 2 aliphatic heterocycles. The normalized spacial score (nSPS) is 19.2. The third-order valence-electron chi connectivity index (χ3n) is 5.92. The highest BCUT2D eigenvalue weighted by atomic mass is 32.2. The van der Waals surface area contributed by atoms with Crippen molar-refractivity contribution in [2.24, 2.45) is 0 Å². The van der Waals surface area contributed by atoms with Gasteiger partial charge in [-0.1, -0.05) is 48.5 Å². The molecule has 0 aliphatic carbocycles. The number of sulfonamides is 1. The van der Waals surface area contributed by atoms with Gasteiger partial charge in [0.2, 0.25) is 15.9 Å². The van der Waals surface area contributed by atoms with Gasteiger partial charge in [-0.25, -0.2) is 8.42 Å². The molecular weight excluding hydrogens is 398 g/mol. The van der Waals surface area contributed by atoms with Crippen LogP contribution >= 0.6 is 0 Å². The maximum Gasteiger partial charge on any atom is 0.244 e. The molecule has 1 saturated heterocycles. The van der Waals surface area contributed by atoms with Crippen LogP contribution in [0.25, 0.3) is 6.08 Å². The molecule has 2 aliphatic rings. The average molecular weight is 426 g/mol. The molecule has 1 unspecified atom stereocenters. The molecule has 2 heterocycles. The van der Waals surface area contributed by atoms with Gasteiger partial charge in [0, 0.05) is 43.8 Å². The van der Waals surface area contributed by atoms with Crippen molar-refractivity contribution in [1.82, 2.24) is 9.21 Å². The van der Waals surface area contributed by atoms with Gasteiger partial charge < -0.3 is 4.90 Å². The molecule has 2 aromatic rings. The van der Waals surface area contributed by atoms with Crippen molar-refractivity contribution in [3.8, 4) is 0 Å². The molecule has 0 radical (unpaired) electrons. The largest absolute Gasteiger partial charge is 0.310 e. The van der Waals surface area contributed by atoms with Crippen LogP contribution < -0.4 is 4.90 Å². The van der Waals surface area contributed by atoms with Crippen LogP contribution in [0.4, 0.5) is 5.69 Å². The Kier molecular flexibility index (Phi) is 6.04. The predicted octanol–water partition coefficient (Wildman–Crippen LogP) is 2.58. The van der Waals surface area contributed by atoms with Crippen molar-refractivity contribution in [3.05, 3.63) is 71.1 Å². The van der Waals surface area contributed by atoms with Crippen molar-refractivity contribution in [1.29, 1.82) is 0 Å². The third kappa shape index (κ3) is 4.33.